The molecule has 0 radical (unpaired) electrons. The Morgan fingerprint density at radius 3 is 1.85 bits per heavy atom. The van der Waals surface area contributed by atoms with Gasteiger partial charge in [-0.3, -0.25) is 4.79 Å². The van der Waals surface area contributed by atoms with Crippen LogP contribution in [0, 0.1) is 34.6 Å². The SMILES string of the molecule is Cc1c(C)c(C)c(C(=O)NCC2(O)CCC2)c(C)c1C. The van der Waals surface area contributed by atoms with E-state index in [1.54, 1.807) is 0 Å². The van der Waals surface area contributed by atoms with Gasteiger partial charge in [0.25, 0.3) is 5.91 Å². The molecule has 0 aromatic heterocycles. The lowest BCUT2D eigenvalue weighted by molar-refractivity contribution is -0.0300. The van der Waals surface area contributed by atoms with Gasteiger partial charge in [-0.1, -0.05) is 0 Å². The van der Waals surface area contributed by atoms with E-state index in [9.17, 15) is 9.90 Å². The molecule has 0 heterocycles. The fraction of sp³-hybridized carbons (Fsp3) is 0.588. The Labute approximate surface area is 121 Å². The van der Waals surface area contributed by atoms with E-state index in [-0.39, 0.29) is 5.91 Å². The summed E-state index contributed by atoms with van der Waals surface area (Å²) in [5, 5.41) is 13.0. The fourth-order valence-corrected chi connectivity index (χ4v) is 2.94. The van der Waals surface area contributed by atoms with E-state index in [0.29, 0.717) is 6.54 Å². The third-order valence-electron chi connectivity index (χ3n) is 5.09. The minimum Gasteiger partial charge on any atom is -0.388 e. The summed E-state index contributed by atoms with van der Waals surface area (Å²) in [5.41, 5.74) is 5.81. The van der Waals surface area contributed by atoms with Gasteiger partial charge >= 0.3 is 0 Å². The summed E-state index contributed by atoms with van der Waals surface area (Å²) in [5.74, 6) is -0.0634. The van der Waals surface area contributed by atoms with E-state index in [1.807, 2.05) is 13.8 Å². The summed E-state index contributed by atoms with van der Waals surface area (Å²) >= 11 is 0. The highest BCUT2D eigenvalue weighted by atomic mass is 16.3. The number of benzene rings is 1. The summed E-state index contributed by atoms with van der Waals surface area (Å²) in [6.07, 6.45) is 2.63. The average molecular weight is 275 g/mol. The van der Waals surface area contributed by atoms with Crippen LogP contribution in [0.4, 0.5) is 0 Å². The van der Waals surface area contributed by atoms with Crippen molar-refractivity contribution in [3.63, 3.8) is 0 Å². The Hall–Kier alpha value is -1.35. The van der Waals surface area contributed by atoms with Crippen molar-refractivity contribution in [1.29, 1.82) is 0 Å². The maximum Gasteiger partial charge on any atom is 0.251 e. The highest BCUT2D eigenvalue weighted by Crippen LogP contribution is 2.31. The lowest BCUT2D eigenvalue weighted by Crippen LogP contribution is -2.48. The second kappa shape index (κ2) is 5.21. The van der Waals surface area contributed by atoms with E-state index in [2.05, 4.69) is 26.1 Å². The van der Waals surface area contributed by atoms with Crippen LogP contribution in [0.2, 0.25) is 0 Å². The molecule has 20 heavy (non-hydrogen) atoms. The highest BCUT2D eigenvalue weighted by Gasteiger charge is 2.34. The van der Waals surface area contributed by atoms with Crippen LogP contribution in [0.15, 0.2) is 0 Å². The summed E-state index contributed by atoms with van der Waals surface area (Å²) in [6.45, 7) is 10.6. The molecule has 0 bridgehead atoms. The smallest absolute Gasteiger partial charge is 0.251 e. The van der Waals surface area contributed by atoms with E-state index >= 15 is 0 Å². The number of amides is 1. The number of hydrogen-bond acceptors (Lipinski definition) is 2. The summed E-state index contributed by atoms with van der Waals surface area (Å²) in [7, 11) is 0. The van der Waals surface area contributed by atoms with Gasteiger partial charge in [0.1, 0.15) is 0 Å². The topological polar surface area (TPSA) is 49.3 Å². The second-order valence-corrected chi connectivity index (χ2v) is 6.26. The third kappa shape index (κ3) is 2.47. The Morgan fingerprint density at radius 1 is 1.00 bits per heavy atom. The van der Waals surface area contributed by atoms with Crippen LogP contribution in [0.5, 0.6) is 0 Å². The average Bonchev–Trinajstić information content (AvgIpc) is 2.38. The normalized spacial score (nSPS) is 16.7. The standard InChI is InChI=1S/C17H25NO2/c1-10-11(2)13(4)15(14(5)12(10)3)16(19)18-9-17(20)7-6-8-17/h20H,6-9H2,1-5H3,(H,18,19). The van der Waals surface area contributed by atoms with Gasteiger partial charge in [0.2, 0.25) is 0 Å². The molecule has 1 saturated carbocycles. The summed E-state index contributed by atoms with van der Waals surface area (Å²) in [6, 6.07) is 0. The van der Waals surface area contributed by atoms with Crippen molar-refractivity contribution < 1.29 is 9.90 Å². The van der Waals surface area contributed by atoms with Crippen molar-refractivity contribution in [2.24, 2.45) is 0 Å². The molecule has 3 nitrogen and oxygen atoms in total. The molecule has 1 amide bonds. The van der Waals surface area contributed by atoms with Crippen LogP contribution in [0.3, 0.4) is 0 Å². The zero-order valence-electron chi connectivity index (χ0n) is 13.2. The van der Waals surface area contributed by atoms with Crippen LogP contribution in [-0.4, -0.2) is 23.2 Å². The van der Waals surface area contributed by atoms with Crippen LogP contribution >= 0.6 is 0 Å². The van der Waals surface area contributed by atoms with Crippen molar-refractivity contribution in [3.8, 4) is 0 Å². The molecule has 0 spiro atoms. The first-order chi connectivity index (χ1) is 9.27. The number of hydrogen-bond donors (Lipinski definition) is 2. The van der Waals surface area contributed by atoms with Crippen LogP contribution < -0.4 is 5.32 Å². The Kier molecular flexibility index (Phi) is 3.92. The maximum atomic E-state index is 12.5. The molecule has 0 atom stereocenters. The molecule has 0 unspecified atom stereocenters. The van der Waals surface area contributed by atoms with Gasteiger partial charge < -0.3 is 10.4 Å². The molecule has 2 rings (SSSR count). The van der Waals surface area contributed by atoms with Gasteiger partial charge in [-0.2, -0.15) is 0 Å². The Bertz CT molecular complexity index is 528. The second-order valence-electron chi connectivity index (χ2n) is 6.26. The molecular formula is C17H25NO2. The Balaban J connectivity index is 2.26. The monoisotopic (exact) mass is 275 g/mol. The quantitative estimate of drug-likeness (QED) is 0.891. The van der Waals surface area contributed by atoms with Crippen LogP contribution in [0.1, 0.15) is 57.4 Å². The largest absolute Gasteiger partial charge is 0.388 e. The first-order valence-corrected chi connectivity index (χ1v) is 7.34. The first kappa shape index (κ1) is 15.0. The van der Waals surface area contributed by atoms with Gasteiger partial charge in [-0.05, 0) is 81.7 Å². The fourth-order valence-electron chi connectivity index (χ4n) is 2.94. The van der Waals surface area contributed by atoms with Crippen LogP contribution in [0.25, 0.3) is 0 Å². The molecule has 1 aliphatic rings. The maximum absolute atomic E-state index is 12.5. The van der Waals surface area contributed by atoms with Gasteiger partial charge in [0.05, 0.1) is 5.60 Å². The molecule has 1 aromatic carbocycles. The van der Waals surface area contributed by atoms with Crippen molar-refractivity contribution in [1.82, 2.24) is 5.32 Å². The number of carbonyl (C=O) groups excluding carboxylic acids is 1. The molecule has 1 fully saturated rings. The third-order valence-corrected chi connectivity index (χ3v) is 5.09. The number of nitrogens with one attached hydrogen (secondary N) is 1. The zero-order valence-corrected chi connectivity index (χ0v) is 13.2. The zero-order chi connectivity index (χ0) is 15.1. The molecule has 0 saturated heterocycles. The van der Waals surface area contributed by atoms with Crippen LogP contribution in [-0.2, 0) is 0 Å². The first-order valence-electron chi connectivity index (χ1n) is 7.34. The van der Waals surface area contributed by atoms with Gasteiger partial charge in [-0.15, -0.1) is 0 Å². The molecule has 2 N–H and O–H groups in total. The van der Waals surface area contributed by atoms with Crippen molar-refractivity contribution in [3.05, 3.63) is 33.4 Å². The van der Waals surface area contributed by atoms with E-state index < -0.39 is 5.60 Å². The highest BCUT2D eigenvalue weighted by molar-refractivity contribution is 5.98. The van der Waals surface area contributed by atoms with E-state index in [0.717, 1.165) is 36.0 Å². The number of rotatable bonds is 3. The minimum absolute atomic E-state index is 0.0634. The lowest BCUT2D eigenvalue weighted by atomic mass is 9.80. The number of carbonyl (C=O) groups is 1. The van der Waals surface area contributed by atoms with Crippen molar-refractivity contribution >= 4 is 5.91 Å². The van der Waals surface area contributed by atoms with Crippen molar-refractivity contribution in [2.75, 3.05) is 6.54 Å². The molecule has 3 heteroatoms. The molecule has 110 valence electrons. The van der Waals surface area contributed by atoms with Gasteiger partial charge in [0, 0.05) is 12.1 Å². The lowest BCUT2D eigenvalue weighted by Gasteiger charge is -2.36. The summed E-state index contributed by atoms with van der Waals surface area (Å²) in [4.78, 5) is 12.5. The van der Waals surface area contributed by atoms with Crippen molar-refractivity contribution in [2.45, 2.75) is 59.5 Å². The van der Waals surface area contributed by atoms with E-state index in [4.69, 9.17) is 0 Å². The predicted molar refractivity (Wildman–Crippen MR) is 81.3 cm³/mol. The van der Waals surface area contributed by atoms with E-state index in [1.165, 1.54) is 16.7 Å². The molecule has 1 aliphatic carbocycles. The Morgan fingerprint density at radius 2 is 1.45 bits per heavy atom. The predicted octanol–water partition coefficient (Wildman–Crippen LogP) is 2.87. The minimum atomic E-state index is -0.674. The molecule has 0 aliphatic heterocycles. The summed E-state index contributed by atoms with van der Waals surface area (Å²) < 4.78 is 0. The molecule has 1 aromatic rings. The van der Waals surface area contributed by atoms with Gasteiger partial charge in [-0.25, -0.2) is 0 Å². The van der Waals surface area contributed by atoms with Gasteiger partial charge in [0.15, 0.2) is 0 Å². The molecular weight excluding hydrogens is 250 g/mol. The number of aliphatic hydroxyl groups is 1.